The van der Waals surface area contributed by atoms with Crippen LogP contribution in [0.5, 0.6) is 11.5 Å². The normalized spacial score (nSPS) is 18.2. The molecule has 0 aliphatic carbocycles. The van der Waals surface area contributed by atoms with Crippen LogP contribution in [0.1, 0.15) is 37.3 Å². The summed E-state index contributed by atoms with van der Waals surface area (Å²) in [6.45, 7) is 6.60. The maximum absolute atomic E-state index is 13.5. The number of benzene rings is 2. The van der Waals surface area contributed by atoms with E-state index in [9.17, 15) is 18.6 Å². The Balaban J connectivity index is 1.80. The molecule has 30 heavy (non-hydrogen) atoms. The molecule has 2 aliphatic heterocycles. The monoisotopic (exact) mass is 430 g/mol. The number of phenols is 2. The first-order chi connectivity index (χ1) is 14.3. The Hall–Kier alpha value is -2.09. The van der Waals surface area contributed by atoms with Crippen LogP contribution in [0.3, 0.4) is 0 Å². The lowest BCUT2D eigenvalue weighted by molar-refractivity contribution is 0.0163. The maximum Gasteiger partial charge on any atom is 0.247 e. The minimum atomic E-state index is -3.86. The Morgan fingerprint density at radius 2 is 1.87 bits per heavy atom. The molecule has 2 aromatic carbocycles. The summed E-state index contributed by atoms with van der Waals surface area (Å²) in [7, 11) is -3.86. The number of aryl methyl sites for hydroxylation is 2. The molecule has 0 unspecified atom stereocenters. The third-order valence-electron chi connectivity index (χ3n) is 6.29. The molecule has 0 aromatic heterocycles. The molecule has 7 heteroatoms. The van der Waals surface area contributed by atoms with Gasteiger partial charge in [-0.25, -0.2) is 8.42 Å². The van der Waals surface area contributed by atoms with Crippen LogP contribution < -0.4 is 5.32 Å². The van der Waals surface area contributed by atoms with Gasteiger partial charge in [-0.15, -0.1) is 0 Å². The number of nitrogens with zero attached hydrogens (tertiary/aromatic N) is 1. The quantitative estimate of drug-likeness (QED) is 0.586. The molecule has 0 saturated carbocycles. The van der Waals surface area contributed by atoms with Crippen molar-refractivity contribution in [3.63, 3.8) is 0 Å². The van der Waals surface area contributed by atoms with Crippen LogP contribution in [0, 0.1) is 12.3 Å². The average molecular weight is 431 g/mol. The van der Waals surface area contributed by atoms with Crippen LogP contribution in [-0.4, -0.2) is 49.1 Å². The molecule has 0 atom stereocenters. The van der Waals surface area contributed by atoms with Gasteiger partial charge in [0.15, 0.2) is 0 Å². The summed E-state index contributed by atoms with van der Waals surface area (Å²) in [4.78, 5) is -0.0463. The van der Waals surface area contributed by atoms with Gasteiger partial charge >= 0.3 is 0 Å². The average Bonchev–Trinajstić information content (AvgIpc) is 2.58. The summed E-state index contributed by atoms with van der Waals surface area (Å²) in [5.41, 5.74) is 2.27. The van der Waals surface area contributed by atoms with E-state index in [4.69, 9.17) is 0 Å². The fourth-order valence-corrected chi connectivity index (χ4v) is 6.50. The molecule has 0 radical (unpaired) electrons. The molecule has 6 nitrogen and oxygen atoms in total. The van der Waals surface area contributed by atoms with Gasteiger partial charge in [0.05, 0.1) is 5.56 Å². The van der Waals surface area contributed by atoms with E-state index in [2.05, 4.69) is 12.2 Å². The van der Waals surface area contributed by atoms with Crippen molar-refractivity contribution in [2.24, 2.45) is 5.41 Å². The summed E-state index contributed by atoms with van der Waals surface area (Å²) in [5.74, 6) is -0.438. The van der Waals surface area contributed by atoms with E-state index in [-0.39, 0.29) is 27.4 Å². The largest absolute Gasteiger partial charge is 0.507 e. The zero-order valence-corrected chi connectivity index (χ0v) is 18.4. The number of phenolic OH excluding ortho intramolecular Hbond substituents is 2. The van der Waals surface area contributed by atoms with Gasteiger partial charge in [0.1, 0.15) is 16.4 Å². The van der Waals surface area contributed by atoms with E-state index >= 15 is 0 Å². The third-order valence-corrected chi connectivity index (χ3v) is 8.20. The lowest BCUT2D eigenvalue weighted by Crippen LogP contribution is -2.71. The van der Waals surface area contributed by atoms with Crippen LogP contribution in [0.2, 0.25) is 0 Å². The zero-order valence-electron chi connectivity index (χ0n) is 17.6. The van der Waals surface area contributed by atoms with Gasteiger partial charge in [0.2, 0.25) is 10.0 Å². The number of nitrogens with one attached hydrogen (secondary N) is 1. The fraction of sp³-hybridized carbons (Fsp3) is 0.478. The molecule has 4 rings (SSSR count). The Bertz CT molecular complexity index is 1050. The number of sulfonamides is 1. The second-order valence-electron chi connectivity index (χ2n) is 8.81. The van der Waals surface area contributed by atoms with Gasteiger partial charge in [0, 0.05) is 31.6 Å². The van der Waals surface area contributed by atoms with Crippen molar-refractivity contribution >= 4 is 10.0 Å². The minimum absolute atomic E-state index is 0.0430. The third kappa shape index (κ3) is 3.59. The highest BCUT2D eigenvalue weighted by molar-refractivity contribution is 7.89. The zero-order chi connectivity index (χ0) is 21.5. The summed E-state index contributed by atoms with van der Waals surface area (Å²) in [5, 5.41) is 25.1. The summed E-state index contributed by atoms with van der Waals surface area (Å²) < 4.78 is 28.5. The summed E-state index contributed by atoms with van der Waals surface area (Å²) in [6.07, 6.45) is 3.26. The molecule has 2 aromatic rings. The minimum Gasteiger partial charge on any atom is -0.507 e. The van der Waals surface area contributed by atoms with Gasteiger partial charge in [-0.3, -0.25) is 0 Å². The molecular weight excluding hydrogens is 400 g/mol. The first kappa shape index (κ1) is 21.2. The Kier molecular flexibility index (Phi) is 5.55. The molecule has 2 aliphatic rings. The van der Waals surface area contributed by atoms with Crippen LogP contribution in [-0.2, 0) is 16.4 Å². The van der Waals surface area contributed by atoms with Crippen LogP contribution in [0.25, 0.3) is 11.1 Å². The summed E-state index contributed by atoms with van der Waals surface area (Å²) in [6, 6.07) is 8.88. The topological polar surface area (TPSA) is 89.9 Å². The van der Waals surface area contributed by atoms with Gasteiger partial charge in [-0.1, -0.05) is 49.6 Å². The van der Waals surface area contributed by atoms with E-state index in [1.807, 2.05) is 25.1 Å². The first-order valence-corrected chi connectivity index (χ1v) is 12.1. The fourth-order valence-electron chi connectivity index (χ4n) is 4.52. The number of hydrogen-bond donors (Lipinski definition) is 3. The van der Waals surface area contributed by atoms with E-state index in [1.54, 1.807) is 6.07 Å². The molecule has 0 bridgehead atoms. The van der Waals surface area contributed by atoms with Crippen molar-refractivity contribution in [2.45, 2.75) is 44.4 Å². The Morgan fingerprint density at radius 3 is 2.47 bits per heavy atom. The van der Waals surface area contributed by atoms with E-state index in [0.717, 1.165) is 37.9 Å². The highest BCUT2D eigenvalue weighted by Gasteiger charge is 2.52. The SMILES string of the molecule is CCCCCc1cc(O)c(-c2cccc(C)c2)c(O)c1S(=O)(=O)N1CC2(CNC2)C1. The molecule has 2 fully saturated rings. The highest BCUT2D eigenvalue weighted by atomic mass is 32.2. The second kappa shape index (κ2) is 7.87. The molecule has 0 amide bonds. The molecule has 162 valence electrons. The lowest BCUT2D eigenvalue weighted by atomic mass is 9.76. The van der Waals surface area contributed by atoms with Crippen molar-refractivity contribution in [3.05, 3.63) is 41.5 Å². The van der Waals surface area contributed by atoms with E-state index in [1.165, 1.54) is 10.4 Å². The number of rotatable bonds is 7. The van der Waals surface area contributed by atoms with Crippen LogP contribution >= 0.6 is 0 Å². The molecule has 1 spiro atoms. The van der Waals surface area contributed by atoms with E-state index in [0.29, 0.717) is 30.6 Å². The van der Waals surface area contributed by atoms with Crippen molar-refractivity contribution in [2.75, 3.05) is 26.2 Å². The van der Waals surface area contributed by atoms with Crippen LogP contribution in [0.15, 0.2) is 35.2 Å². The smallest absolute Gasteiger partial charge is 0.247 e. The Labute approximate surface area is 178 Å². The van der Waals surface area contributed by atoms with Crippen molar-refractivity contribution in [1.82, 2.24) is 9.62 Å². The van der Waals surface area contributed by atoms with E-state index < -0.39 is 10.0 Å². The van der Waals surface area contributed by atoms with Crippen molar-refractivity contribution in [1.29, 1.82) is 0 Å². The highest BCUT2D eigenvalue weighted by Crippen LogP contribution is 2.47. The molecule has 3 N–H and O–H groups in total. The van der Waals surface area contributed by atoms with Crippen molar-refractivity contribution < 1.29 is 18.6 Å². The van der Waals surface area contributed by atoms with Gasteiger partial charge < -0.3 is 15.5 Å². The lowest BCUT2D eigenvalue weighted by Gasteiger charge is -2.55. The number of aromatic hydroxyl groups is 2. The van der Waals surface area contributed by atoms with Crippen LogP contribution in [0.4, 0.5) is 0 Å². The number of hydrogen-bond acceptors (Lipinski definition) is 5. The maximum atomic E-state index is 13.5. The molecular formula is C23H30N2O4S. The van der Waals surface area contributed by atoms with Gasteiger partial charge in [0.25, 0.3) is 0 Å². The first-order valence-electron chi connectivity index (χ1n) is 10.6. The number of unbranched alkanes of at least 4 members (excludes halogenated alkanes) is 2. The molecule has 2 saturated heterocycles. The van der Waals surface area contributed by atoms with Gasteiger partial charge in [-0.05, 0) is 37.0 Å². The predicted molar refractivity (Wildman–Crippen MR) is 117 cm³/mol. The second-order valence-corrected chi connectivity index (χ2v) is 10.7. The standard InChI is InChI=1S/C23H30N2O4S/c1-3-4-5-8-18-11-19(26)20(17-9-6-7-16(2)10-17)21(27)22(18)30(28,29)25-14-23(15-25)12-24-13-23/h6-7,9-11,24,26-27H,3-5,8,12-15H2,1-2H3. The van der Waals surface area contributed by atoms with Crippen molar-refractivity contribution in [3.8, 4) is 22.6 Å². The predicted octanol–water partition coefficient (Wildman–Crippen LogP) is 3.40. The summed E-state index contributed by atoms with van der Waals surface area (Å²) >= 11 is 0. The van der Waals surface area contributed by atoms with Gasteiger partial charge in [-0.2, -0.15) is 4.31 Å². The Morgan fingerprint density at radius 1 is 1.13 bits per heavy atom. The molecule has 2 heterocycles.